The van der Waals surface area contributed by atoms with Crippen LogP contribution in [0, 0.1) is 0 Å². The second kappa shape index (κ2) is 3.50. The molecule has 1 unspecified atom stereocenters. The first-order chi connectivity index (χ1) is 4.27. The summed E-state index contributed by atoms with van der Waals surface area (Å²) in [5.74, 6) is 0. The van der Waals surface area contributed by atoms with Gasteiger partial charge in [0.15, 0.2) is 0 Å². The van der Waals surface area contributed by atoms with Crippen LogP contribution in [0.4, 0.5) is 0 Å². The van der Waals surface area contributed by atoms with Crippen molar-refractivity contribution in [2.75, 3.05) is 0 Å². The van der Waals surface area contributed by atoms with Gasteiger partial charge >= 0.3 is 0 Å². The minimum atomic E-state index is 0. The summed E-state index contributed by atoms with van der Waals surface area (Å²) in [5, 5.41) is 3.28. The van der Waals surface area contributed by atoms with E-state index in [4.69, 9.17) is 0 Å². The Morgan fingerprint density at radius 1 is 1.40 bits per heavy atom. The molecule has 0 aromatic carbocycles. The van der Waals surface area contributed by atoms with E-state index >= 15 is 0 Å². The molecule has 1 rings (SSSR count). The van der Waals surface area contributed by atoms with Gasteiger partial charge in [-0.2, -0.15) is 0 Å². The van der Waals surface area contributed by atoms with Crippen LogP contribution in [0.25, 0.3) is 0 Å². The Balaban J connectivity index is 0.000000810. The highest BCUT2D eigenvalue weighted by Crippen LogP contribution is 2.13. The number of allylic oxidation sites excluding steroid dienone is 2. The highest BCUT2D eigenvalue weighted by atomic mass is 14.9. The van der Waals surface area contributed by atoms with Crippen LogP contribution in [0.2, 0.25) is 0 Å². The number of dihydropyridines is 1. The summed E-state index contributed by atoms with van der Waals surface area (Å²) in [5.41, 5.74) is 0.203. The van der Waals surface area contributed by atoms with Gasteiger partial charge in [0.2, 0.25) is 0 Å². The van der Waals surface area contributed by atoms with Crippen LogP contribution in [-0.2, 0) is 0 Å². The van der Waals surface area contributed by atoms with Crippen LogP contribution in [0.3, 0.4) is 0 Å². The van der Waals surface area contributed by atoms with Crippen molar-refractivity contribution in [2.45, 2.75) is 25.8 Å². The van der Waals surface area contributed by atoms with Crippen LogP contribution in [-0.4, -0.2) is 14.0 Å². The molecular formula is C8H16BN. The average molecular weight is 137 g/mol. The summed E-state index contributed by atoms with van der Waals surface area (Å²) in [6.07, 6.45) is 9.40. The molecule has 0 spiro atoms. The van der Waals surface area contributed by atoms with E-state index in [-0.39, 0.29) is 14.0 Å². The standard InChI is InChI=1S/C8H13N.BH3/c1-3-8(2)6-4-5-7-9-8;/h4-7,9H,3H2,1-2H3;1H3. The Bertz CT molecular complexity index is 151. The fourth-order valence-electron chi connectivity index (χ4n) is 0.830. The molecule has 0 radical (unpaired) electrons. The van der Waals surface area contributed by atoms with E-state index in [0.717, 1.165) is 6.42 Å². The zero-order valence-corrected chi connectivity index (χ0v) is 6.02. The SMILES string of the molecule is B.CCC1(C)C=CC=CN1. The summed E-state index contributed by atoms with van der Waals surface area (Å²) in [6.45, 7) is 4.36. The molecule has 1 atom stereocenters. The first-order valence-electron chi connectivity index (χ1n) is 3.39. The van der Waals surface area contributed by atoms with Gasteiger partial charge < -0.3 is 5.32 Å². The second-order valence-electron chi connectivity index (χ2n) is 2.63. The quantitative estimate of drug-likeness (QED) is 0.523. The molecule has 0 aliphatic carbocycles. The predicted molar refractivity (Wildman–Crippen MR) is 50.1 cm³/mol. The summed E-state index contributed by atoms with van der Waals surface area (Å²) < 4.78 is 0. The molecule has 0 saturated heterocycles. The molecule has 1 heterocycles. The summed E-state index contributed by atoms with van der Waals surface area (Å²) in [6, 6.07) is 0. The van der Waals surface area contributed by atoms with E-state index in [1.54, 1.807) is 0 Å². The minimum absolute atomic E-state index is 0. The Morgan fingerprint density at radius 3 is 2.40 bits per heavy atom. The maximum Gasteiger partial charge on any atom is 0.0814 e. The molecule has 0 amide bonds. The Hall–Kier alpha value is -0.655. The largest absolute Gasteiger partial charge is 0.382 e. The first kappa shape index (κ1) is 9.34. The van der Waals surface area contributed by atoms with Gasteiger partial charge in [0.05, 0.1) is 14.0 Å². The average Bonchev–Trinajstić information content (AvgIpc) is 1.90. The third-order valence-electron chi connectivity index (χ3n) is 1.82. The molecule has 0 aromatic rings. The highest BCUT2D eigenvalue weighted by Gasteiger charge is 2.15. The molecule has 1 N–H and O–H groups in total. The van der Waals surface area contributed by atoms with E-state index in [2.05, 4.69) is 31.3 Å². The monoisotopic (exact) mass is 137 g/mol. The number of nitrogens with one attached hydrogen (secondary N) is 1. The predicted octanol–water partition coefficient (Wildman–Crippen LogP) is 0.644. The Labute approximate surface area is 64.8 Å². The van der Waals surface area contributed by atoms with Crippen LogP contribution in [0.1, 0.15) is 20.3 Å². The van der Waals surface area contributed by atoms with Gasteiger partial charge in [-0.1, -0.05) is 19.1 Å². The van der Waals surface area contributed by atoms with E-state index < -0.39 is 0 Å². The smallest absolute Gasteiger partial charge is 0.0814 e. The first-order valence-corrected chi connectivity index (χ1v) is 3.39. The molecule has 0 aromatic heterocycles. The van der Waals surface area contributed by atoms with Crippen molar-refractivity contribution < 1.29 is 0 Å². The number of hydrogen-bond donors (Lipinski definition) is 1. The molecule has 0 fully saturated rings. The van der Waals surface area contributed by atoms with E-state index in [9.17, 15) is 0 Å². The van der Waals surface area contributed by atoms with Gasteiger partial charge in [-0.25, -0.2) is 0 Å². The summed E-state index contributed by atoms with van der Waals surface area (Å²) in [7, 11) is 0. The van der Waals surface area contributed by atoms with Crippen LogP contribution in [0.15, 0.2) is 24.4 Å². The van der Waals surface area contributed by atoms with Crippen molar-refractivity contribution in [1.29, 1.82) is 0 Å². The molecule has 56 valence electrons. The summed E-state index contributed by atoms with van der Waals surface area (Å²) >= 11 is 0. The lowest BCUT2D eigenvalue weighted by atomic mass is 9.97. The Morgan fingerprint density at radius 2 is 2.10 bits per heavy atom. The fourth-order valence-corrected chi connectivity index (χ4v) is 0.830. The minimum Gasteiger partial charge on any atom is -0.382 e. The molecule has 1 aliphatic heterocycles. The van der Waals surface area contributed by atoms with Crippen molar-refractivity contribution in [3.8, 4) is 0 Å². The third kappa shape index (κ3) is 1.94. The zero-order valence-electron chi connectivity index (χ0n) is 6.02. The topological polar surface area (TPSA) is 12.0 Å². The van der Waals surface area contributed by atoms with Crippen molar-refractivity contribution in [3.63, 3.8) is 0 Å². The van der Waals surface area contributed by atoms with Gasteiger partial charge in [0.25, 0.3) is 0 Å². The molecular weight excluding hydrogens is 121 g/mol. The number of hydrogen-bond acceptors (Lipinski definition) is 1. The van der Waals surface area contributed by atoms with E-state index in [1.807, 2.05) is 12.3 Å². The van der Waals surface area contributed by atoms with Crippen molar-refractivity contribution >= 4 is 8.41 Å². The van der Waals surface area contributed by atoms with Gasteiger partial charge in [0, 0.05) is 0 Å². The molecule has 0 saturated carbocycles. The summed E-state index contributed by atoms with van der Waals surface area (Å²) in [4.78, 5) is 0. The van der Waals surface area contributed by atoms with Gasteiger partial charge in [-0.15, -0.1) is 0 Å². The normalized spacial score (nSPS) is 29.0. The van der Waals surface area contributed by atoms with Crippen LogP contribution < -0.4 is 5.32 Å². The Kier molecular flexibility index (Phi) is 3.27. The van der Waals surface area contributed by atoms with Gasteiger partial charge in [-0.3, -0.25) is 0 Å². The lowest BCUT2D eigenvalue weighted by molar-refractivity contribution is 0.479. The maximum atomic E-state index is 3.28. The van der Waals surface area contributed by atoms with Gasteiger partial charge in [0.1, 0.15) is 0 Å². The lowest BCUT2D eigenvalue weighted by Crippen LogP contribution is -2.36. The maximum absolute atomic E-state index is 3.28. The second-order valence-corrected chi connectivity index (χ2v) is 2.63. The molecule has 1 aliphatic rings. The zero-order chi connectivity index (χ0) is 6.74. The molecule has 1 nitrogen and oxygen atoms in total. The third-order valence-corrected chi connectivity index (χ3v) is 1.82. The number of rotatable bonds is 1. The highest BCUT2D eigenvalue weighted by molar-refractivity contribution is 5.75. The van der Waals surface area contributed by atoms with Crippen LogP contribution >= 0.6 is 0 Å². The fraction of sp³-hybridized carbons (Fsp3) is 0.500. The van der Waals surface area contributed by atoms with Crippen molar-refractivity contribution in [1.82, 2.24) is 5.32 Å². The molecule has 10 heavy (non-hydrogen) atoms. The van der Waals surface area contributed by atoms with Crippen molar-refractivity contribution in [2.24, 2.45) is 0 Å². The van der Waals surface area contributed by atoms with Gasteiger partial charge in [-0.05, 0) is 25.6 Å². The molecule has 2 heteroatoms. The lowest BCUT2D eigenvalue weighted by Gasteiger charge is -2.26. The van der Waals surface area contributed by atoms with E-state index in [1.165, 1.54) is 0 Å². The van der Waals surface area contributed by atoms with Crippen molar-refractivity contribution in [3.05, 3.63) is 24.4 Å². The van der Waals surface area contributed by atoms with E-state index in [0.29, 0.717) is 0 Å². The molecule has 0 bridgehead atoms. The van der Waals surface area contributed by atoms with Crippen LogP contribution in [0.5, 0.6) is 0 Å².